The highest BCUT2D eigenvalue weighted by molar-refractivity contribution is 7.92. The molecule has 0 bridgehead atoms. The second kappa shape index (κ2) is 6.79. The first kappa shape index (κ1) is 16.3. The first-order valence-electron chi connectivity index (χ1n) is 7.22. The van der Waals surface area contributed by atoms with Gasteiger partial charge in [-0.3, -0.25) is 4.72 Å². The van der Waals surface area contributed by atoms with Crippen molar-refractivity contribution in [3.05, 3.63) is 47.7 Å². The van der Waals surface area contributed by atoms with Crippen molar-refractivity contribution in [2.24, 2.45) is 0 Å². The van der Waals surface area contributed by atoms with Gasteiger partial charge in [0.15, 0.2) is 0 Å². The van der Waals surface area contributed by atoms with E-state index in [9.17, 15) is 8.42 Å². The van der Waals surface area contributed by atoms with E-state index in [1.807, 2.05) is 19.1 Å². The molecule has 1 heterocycles. The van der Waals surface area contributed by atoms with Gasteiger partial charge in [-0.25, -0.2) is 13.4 Å². The molecule has 0 aliphatic carbocycles. The Balaban J connectivity index is 2.20. The van der Waals surface area contributed by atoms with E-state index >= 15 is 0 Å². The molecule has 2 rings (SSSR count). The zero-order chi connectivity index (χ0) is 16.2. The standard InChI is InChI=1S/C16H21N3O2S/c1-4-9-17-14-7-8-16(18-11-14)19-22(20,21)15-10-12(2)5-6-13(15)3/h5-8,10-11,17H,4,9H2,1-3H3,(H,18,19). The molecule has 5 nitrogen and oxygen atoms in total. The number of aromatic nitrogens is 1. The van der Waals surface area contributed by atoms with Gasteiger partial charge in [-0.1, -0.05) is 19.1 Å². The molecule has 2 aromatic rings. The lowest BCUT2D eigenvalue weighted by Gasteiger charge is -2.11. The summed E-state index contributed by atoms with van der Waals surface area (Å²) in [5.74, 6) is 0.308. The molecular weight excluding hydrogens is 298 g/mol. The summed E-state index contributed by atoms with van der Waals surface area (Å²) in [6.45, 7) is 6.58. The second-order valence-corrected chi connectivity index (χ2v) is 6.88. The number of hydrogen-bond donors (Lipinski definition) is 2. The van der Waals surface area contributed by atoms with Crippen LogP contribution in [-0.2, 0) is 10.0 Å². The quantitative estimate of drug-likeness (QED) is 0.857. The van der Waals surface area contributed by atoms with Gasteiger partial charge < -0.3 is 5.32 Å². The topological polar surface area (TPSA) is 71.1 Å². The highest BCUT2D eigenvalue weighted by Crippen LogP contribution is 2.20. The number of sulfonamides is 1. The first-order chi connectivity index (χ1) is 10.4. The lowest BCUT2D eigenvalue weighted by atomic mass is 10.2. The Morgan fingerprint density at radius 2 is 1.91 bits per heavy atom. The van der Waals surface area contributed by atoms with Crippen molar-refractivity contribution in [3.8, 4) is 0 Å². The molecule has 0 aliphatic heterocycles. The summed E-state index contributed by atoms with van der Waals surface area (Å²) in [5.41, 5.74) is 2.48. The summed E-state index contributed by atoms with van der Waals surface area (Å²) in [6, 6.07) is 8.81. The summed E-state index contributed by atoms with van der Waals surface area (Å²) >= 11 is 0. The monoisotopic (exact) mass is 319 g/mol. The maximum atomic E-state index is 12.5. The summed E-state index contributed by atoms with van der Waals surface area (Å²) in [6.07, 6.45) is 2.64. The van der Waals surface area contributed by atoms with Crippen molar-refractivity contribution in [3.63, 3.8) is 0 Å². The lowest BCUT2D eigenvalue weighted by molar-refractivity contribution is 0.600. The van der Waals surface area contributed by atoms with Gasteiger partial charge in [0.2, 0.25) is 0 Å². The summed E-state index contributed by atoms with van der Waals surface area (Å²) in [5, 5.41) is 3.19. The number of anilines is 2. The SMILES string of the molecule is CCCNc1ccc(NS(=O)(=O)c2cc(C)ccc2C)nc1. The van der Waals surface area contributed by atoms with E-state index in [0.717, 1.165) is 24.2 Å². The van der Waals surface area contributed by atoms with Gasteiger partial charge in [-0.05, 0) is 49.6 Å². The minimum Gasteiger partial charge on any atom is -0.384 e. The van der Waals surface area contributed by atoms with Crippen LogP contribution in [0, 0.1) is 13.8 Å². The van der Waals surface area contributed by atoms with Crippen LogP contribution in [0.4, 0.5) is 11.5 Å². The van der Waals surface area contributed by atoms with Crippen LogP contribution in [0.2, 0.25) is 0 Å². The molecule has 0 spiro atoms. The predicted octanol–water partition coefficient (Wildman–Crippen LogP) is 3.32. The van der Waals surface area contributed by atoms with Crippen molar-refractivity contribution in [1.29, 1.82) is 0 Å². The Kier molecular flexibility index (Phi) is 5.03. The normalized spacial score (nSPS) is 11.2. The number of benzene rings is 1. The molecule has 0 radical (unpaired) electrons. The van der Waals surface area contributed by atoms with Crippen molar-refractivity contribution >= 4 is 21.5 Å². The lowest BCUT2D eigenvalue weighted by Crippen LogP contribution is -2.15. The Labute approximate surface area is 131 Å². The second-order valence-electron chi connectivity index (χ2n) is 5.23. The third-order valence-electron chi connectivity index (χ3n) is 3.21. The van der Waals surface area contributed by atoms with Crippen LogP contribution in [0.3, 0.4) is 0 Å². The average molecular weight is 319 g/mol. The van der Waals surface area contributed by atoms with Crippen molar-refractivity contribution in [2.75, 3.05) is 16.6 Å². The van der Waals surface area contributed by atoms with E-state index in [4.69, 9.17) is 0 Å². The van der Waals surface area contributed by atoms with Crippen molar-refractivity contribution in [1.82, 2.24) is 4.98 Å². The highest BCUT2D eigenvalue weighted by atomic mass is 32.2. The zero-order valence-electron chi connectivity index (χ0n) is 13.1. The summed E-state index contributed by atoms with van der Waals surface area (Å²) < 4.78 is 27.4. The molecule has 6 heteroatoms. The van der Waals surface area contributed by atoms with E-state index < -0.39 is 10.0 Å². The van der Waals surface area contributed by atoms with Gasteiger partial charge in [0.25, 0.3) is 10.0 Å². The van der Waals surface area contributed by atoms with Gasteiger partial charge in [-0.15, -0.1) is 0 Å². The number of aryl methyl sites for hydroxylation is 2. The van der Waals surface area contributed by atoms with Crippen LogP contribution in [-0.4, -0.2) is 19.9 Å². The first-order valence-corrected chi connectivity index (χ1v) is 8.70. The number of rotatable bonds is 6. The Morgan fingerprint density at radius 1 is 1.14 bits per heavy atom. The third-order valence-corrected chi connectivity index (χ3v) is 4.71. The van der Waals surface area contributed by atoms with E-state index in [-0.39, 0.29) is 4.90 Å². The number of nitrogens with one attached hydrogen (secondary N) is 2. The van der Waals surface area contributed by atoms with Gasteiger partial charge in [0, 0.05) is 6.54 Å². The van der Waals surface area contributed by atoms with Crippen LogP contribution in [0.1, 0.15) is 24.5 Å². The minimum atomic E-state index is -3.63. The minimum absolute atomic E-state index is 0.280. The van der Waals surface area contributed by atoms with Gasteiger partial charge in [0.1, 0.15) is 5.82 Å². The molecule has 0 aliphatic rings. The molecule has 0 atom stereocenters. The van der Waals surface area contributed by atoms with Gasteiger partial charge in [-0.2, -0.15) is 0 Å². The van der Waals surface area contributed by atoms with Crippen LogP contribution in [0.15, 0.2) is 41.4 Å². The van der Waals surface area contributed by atoms with Crippen LogP contribution < -0.4 is 10.0 Å². The Bertz CT molecular complexity index is 740. The molecule has 0 unspecified atom stereocenters. The van der Waals surface area contributed by atoms with E-state index in [0.29, 0.717) is 11.4 Å². The molecule has 1 aromatic carbocycles. The van der Waals surface area contributed by atoms with Gasteiger partial charge in [0.05, 0.1) is 16.8 Å². The maximum absolute atomic E-state index is 12.5. The molecule has 2 N–H and O–H groups in total. The van der Waals surface area contributed by atoms with E-state index in [2.05, 4.69) is 21.9 Å². The third kappa shape index (κ3) is 3.98. The van der Waals surface area contributed by atoms with Crippen LogP contribution >= 0.6 is 0 Å². The zero-order valence-corrected chi connectivity index (χ0v) is 13.9. The van der Waals surface area contributed by atoms with Crippen LogP contribution in [0.25, 0.3) is 0 Å². The number of nitrogens with zero attached hydrogens (tertiary/aromatic N) is 1. The fourth-order valence-corrected chi connectivity index (χ4v) is 3.36. The predicted molar refractivity (Wildman–Crippen MR) is 89.7 cm³/mol. The molecular formula is C16H21N3O2S. The van der Waals surface area contributed by atoms with Crippen LogP contribution in [0.5, 0.6) is 0 Å². The fourth-order valence-electron chi connectivity index (χ4n) is 2.02. The Morgan fingerprint density at radius 3 is 2.55 bits per heavy atom. The van der Waals surface area contributed by atoms with E-state index in [1.54, 1.807) is 31.3 Å². The average Bonchev–Trinajstić information content (AvgIpc) is 2.48. The smallest absolute Gasteiger partial charge is 0.263 e. The number of hydrogen-bond acceptors (Lipinski definition) is 4. The molecule has 118 valence electrons. The maximum Gasteiger partial charge on any atom is 0.263 e. The molecule has 0 amide bonds. The van der Waals surface area contributed by atoms with Crippen molar-refractivity contribution < 1.29 is 8.42 Å². The number of pyridine rings is 1. The Hall–Kier alpha value is -2.08. The molecule has 0 saturated heterocycles. The molecule has 0 saturated carbocycles. The molecule has 22 heavy (non-hydrogen) atoms. The highest BCUT2D eigenvalue weighted by Gasteiger charge is 2.17. The fraction of sp³-hybridized carbons (Fsp3) is 0.312. The molecule has 0 fully saturated rings. The van der Waals surface area contributed by atoms with Crippen molar-refractivity contribution in [2.45, 2.75) is 32.1 Å². The molecule has 1 aromatic heterocycles. The van der Waals surface area contributed by atoms with Gasteiger partial charge >= 0.3 is 0 Å². The summed E-state index contributed by atoms with van der Waals surface area (Å²) in [7, 11) is -3.63. The largest absolute Gasteiger partial charge is 0.384 e. The van der Waals surface area contributed by atoms with E-state index in [1.165, 1.54) is 0 Å². The summed E-state index contributed by atoms with van der Waals surface area (Å²) in [4.78, 5) is 4.42.